The molecule has 0 aliphatic rings. The van der Waals surface area contributed by atoms with Gasteiger partial charge in [0, 0.05) is 23.7 Å². The minimum atomic E-state index is -0.406. The number of benzene rings is 2. The molecule has 0 unspecified atom stereocenters. The molecule has 3 aromatic rings. The number of nitrogens with two attached hydrogens (primary N) is 1. The number of hydrogen-bond acceptors (Lipinski definition) is 3. The average Bonchev–Trinajstić information content (AvgIpc) is 2.50. The van der Waals surface area contributed by atoms with E-state index < -0.39 is 5.82 Å². The average molecular weight is 268 g/mol. The van der Waals surface area contributed by atoms with Crippen LogP contribution in [0.1, 0.15) is 5.56 Å². The lowest BCUT2D eigenvalue weighted by molar-refractivity contribution is 0.442. The van der Waals surface area contributed by atoms with Crippen molar-refractivity contribution in [3.05, 3.63) is 66.1 Å². The molecular formula is C16H13FN2O. The molecule has 0 aliphatic heterocycles. The molecule has 100 valence electrons. The fourth-order valence-corrected chi connectivity index (χ4v) is 2.06. The molecule has 0 saturated heterocycles. The fourth-order valence-electron chi connectivity index (χ4n) is 2.06. The van der Waals surface area contributed by atoms with Crippen LogP contribution in [0.3, 0.4) is 0 Å². The SMILES string of the molecule is NCc1cnc2ccccc2c1Oc1ccccc1F. The molecule has 0 fully saturated rings. The van der Waals surface area contributed by atoms with Crippen LogP contribution in [0.5, 0.6) is 11.5 Å². The maximum absolute atomic E-state index is 13.7. The maximum Gasteiger partial charge on any atom is 0.165 e. The van der Waals surface area contributed by atoms with Crippen LogP contribution in [0.15, 0.2) is 54.7 Å². The summed E-state index contributed by atoms with van der Waals surface area (Å²) in [6.45, 7) is 0.279. The van der Waals surface area contributed by atoms with Crippen molar-refractivity contribution in [1.82, 2.24) is 4.98 Å². The van der Waals surface area contributed by atoms with Crippen molar-refractivity contribution in [3.8, 4) is 11.5 Å². The van der Waals surface area contributed by atoms with Crippen LogP contribution in [0.2, 0.25) is 0 Å². The van der Waals surface area contributed by atoms with Crippen LogP contribution >= 0.6 is 0 Å². The van der Waals surface area contributed by atoms with Gasteiger partial charge in [-0.05, 0) is 24.3 Å². The van der Waals surface area contributed by atoms with Gasteiger partial charge in [0.1, 0.15) is 5.75 Å². The van der Waals surface area contributed by atoms with Crippen LogP contribution < -0.4 is 10.5 Å². The van der Waals surface area contributed by atoms with Crippen LogP contribution in [0, 0.1) is 5.82 Å². The second kappa shape index (κ2) is 5.27. The zero-order chi connectivity index (χ0) is 13.9. The smallest absolute Gasteiger partial charge is 0.165 e. The molecule has 2 N–H and O–H groups in total. The van der Waals surface area contributed by atoms with E-state index in [0.29, 0.717) is 5.75 Å². The maximum atomic E-state index is 13.7. The summed E-state index contributed by atoms with van der Waals surface area (Å²) in [5.41, 5.74) is 7.25. The first-order valence-electron chi connectivity index (χ1n) is 6.28. The van der Waals surface area contributed by atoms with Gasteiger partial charge in [0.2, 0.25) is 0 Å². The molecule has 0 radical (unpaired) electrons. The predicted molar refractivity (Wildman–Crippen MR) is 76.1 cm³/mol. The third kappa shape index (κ3) is 2.21. The normalized spacial score (nSPS) is 10.7. The first-order chi connectivity index (χ1) is 9.79. The second-order valence-electron chi connectivity index (χ2n) is 4.37. The van der Waals surface area contributed by atoms with Gasteiger partial charge in [0.05, 0.1) is 5.52 Å². The second-order valence-corrected chi connectivity index (χ2v) is 4.37. The highest BCUT2D eigenvalue weighted by atomic mass is 19.1. The number of rotatable bonds is 3. The lowest BCUT2D eigenvalue weighted by Gasteiger charge is -2.13. The molecular weight excluding hydrogens is 255 g/mol. The molecule has 0 saturated carbocycles. The number of aromatic nitrogens is 1. The summed E-state index contributed by atoms with van der Waals surface area (Å²) < 4.78 is 19.5. The zero-order valence-electron chi connectivity index (χ0n) is 10.7. The highest BCUT2D eigenvalue weighted by Gasteiger charge is 2.12. The number of ether oxygens (including phenoxy) is 1. The largest absolute Gasteiger partial charge is 0.453 e. The zero-order valence-corrected chi connectivity index (χ0v) is 10.7. The Morgan fingerprint density at radius 1 is 1.05 bits per heavy atom. The summed E-state index contributed by atoms with van der Waals surface area (Å²) in [7, 11) is 0. The molecule has 3 rings (SSSR count). The third-order valence-electron chi connectivity index (χ3n) is 3.07. The van der Waals surface area contributed by atoms with E-state index >= 15 is 0 Å². The molecule has 0 spiro atoms. The summed E-state index contributed by atoms with van der Waals surface area (Å²) in [6, 6.07) is 13.8. The van der Waals surface area contributed by atoms with E-state index in [9.17, 15) is 4.39 Å². The van der Waals surface area contributed by atoms with Crippen LogP contribution in [0.4, 0.5) is 4.39 Å². The molecule has 20 heavy (non-hydrogen) atoms. The lowest BCUT2D eigenvalue weighted by Crippen LogP contribution is -2.02. The summed E-state index contributed by atoms with van der Waals surface area (Å²) >= 11 is 0. The van der Waals surface area contributed by atoms with Crippen molar-refractivity contribution in [2.45, 2.75) is 6.54 Å². The minimum Gasteiger partial charge on any atom is -0.453 e. The lowest BCUT2D eigenvalue weighted by atomic mass is 10.1. The molecule has 0 amide bonds. The third-order valence-corrected chi connectivity index (χ3v) is 3.07. The van der Waals surface area contributed by atoms with E-state index in [1.807, 2.05) is 24.3 Å². The Kier molecular flexibility index (Phi) is 3.31. The quantitative estimate of drug-likeness (QED) is 0.789. The van der Waals surface area contributed by atoms with Crippen molar-refractivity contribution in [1.29, 1.82) is 0 Å². The summed E-state index contributed by atoms with van der Waals surface area (Å²) in [6.07, 6.45) is 1.67. The highest BCUT2D eigenvalue weighted by molar-refractivity contribution is 5.86. The Labute approximate surface area is 115 Å². The summed E-state index contributed by atoms with van der Waals surface area (Å²) in [4.78, 5) is 4.32. The number of halogens is 1. The van der Waals surface area contributed by atoms with Crippen LogP contribution in [-0.4, -0.2) is 4.98 Å². The van der Waals surface area contributed by atoms with Crippen molar-refractivity contribution in [2.75, 3.05) is 0 Å². The van der Waals surface area contributed by atoms with Gasteiger partial charge in [-0.2, -0.15) is 0 Å². The molecule has 4 heteroatoms. The van der Waals surface area contributed by atoms with Crippen molar-refractivity contribution < 1.29 is 9.13 Å². The number of nitrogens with zero attached hydrogens (tertiary/aromatic N) is 1. The molecule has 0 atom stereocenters. The van der Waals surface area contributed by atoms with Gasteiger partial charge in [-0.1, -0.05) is 24.3 Å². The van der Waals surface area contributed by atoms with Crippen LogP contribution in [0.25, 0.3) is 10.9 Å². The van der Waals surface area contributed by atoms with E-state index in [-0.39, 0.29) is 12.3 Å². The van der Waals surface area contributed by atoms with Gasteiger partial charge in [-0.15, -0.1) is 0 Å². The molecule has 0 bridgehead atoms. The predicted octanol–water partition coefficient (Wildman–Crippen LogP) is 3.62. The number of hydrogen-bond donors (Lipinski definition) is 1. The highest BCUT2D eigenvalue weighted by Crippen LogP contribution is 2.33. The number of para-hydroxylation sites is 2. The van der Waals surface area contributed by atoms with E-state index in [4.69, 9.17) is 10.5 Å². The van der Waals surface area contributed by atoms with E-state index in [2.05, 4.69) is 4.98 Å². The first-order valence-corrected chi connectivity index (χ1v) is 6.28. The standard InChI is InChI=1S/C16H13FN2O/c17-13-6-2-4-8-15(13)20-16-11(9-18)10-19-14-7-3-1-5-12(14)16/h1-8,10H,9,18H2. The molecule has 2 aromatic carbocycles. The van der Waals surface area contributed by atoms with Gasteiger partial charge in [-0.25, -0.2) is 4.39 Å². The number of pyridine rings is 1. The van der Waals surface area contributed by atoms with Gasteiger partial charge in [-0.3, -0.25) is 4.98 Å². The van der Waals surface area contributed by atoms with Crippen molar-refractivity contribution >= 4 is 10.9 Å². The Morgan fingerprint density at radius 2 is 1.80 bits per heavy atom. The van der Waals surface area contributed by atoms with Gasteiger partial charge in [0.25, 0.3) is 0 Å². The Hall–Kier alpha value is -2.46. The Bertz CT molecular complexity index is 758. The monoisotopic (exact) mass is 268 g/mol. The van der Waals surface area contributed by atoms with Crippen molar-refractivity contribution in [3.63, 3.8) is 0 Å². The number of fused-ring (bicyclic) bond motifs is 1. The van der Waals surface area contributed by atoms with Crippen molar-refractivity contribution in [2.24, 2.45) is 5.73 Å². The van der Waals surface area contributed by atoms with Gasteiger partial charge in [0.15, 0.2) is 11.6 Å². The molecule has 3 nitrogen and oxygen atoms in total. The van der Waals surface area contributed by atoms with E-state index in [1.54, 1.807) is 24.4 Å². The molecule has 0 aliphatic carbocycles. The Balaban J connectivity index is 2.16. The molecule has 1 heterocycles. The van der Waals surface area contributed by atoms with Crippen LogP contribution in [-0.2, 0) is 6.54 Å². The summed E-state index contributed by atoms with van der Waals surface area (Å²) in [5.74, 6) is 0.332. The first kappa shape index (κ1) is 12.6. The fraction of sp³-hybridized carbons (Fsp3) is 0.0625. The summed E-state index contributed by atoms with van der Waals surface area (Å²) in [5, 5.41) is 0.818. The molecule has 1 aromatic heterocycles. The topological polar surface area (TPSA) is 48.1 Å². The van der Waals surface area contributed by atoms with Gasteiger partial charge < -0.3 is 10.5 Å². The van der Waals surface area contributed by atoms with E-state index in [1.165, 1.54) is 6.07 Å². The van der Waals surface area contributed by atoms with E-state index in [0.717, 1.165) is 16.5 Å². The van der Waals surface area contributed by atoms with Gasteiger partial charge >= 0.3 is 0 Å². The Morgan fingerprint density at radius 3 is 2.60 bits per heavy atom. The minimum absolute atomic E-state index is 0.179.